The predicted octanol–water partition coefficient (Wildman–Crippen LogP) is 5.32. The Morgan fingerprint density at radius 1 is 0.972 bits per heavy atom. The number of hydrogen-bond donors (Lipinski definition) is 1. The number of fused-ring (bicyclic) bond motifs is 6. The normalized spacial score (nSPS) is 28.8. The molecule has 3 saturated heterocycles. The van der Waals surface area contributed by atoms with E-state index in [2.05, 4.69) is 58.1 Å². The average Bonchev–Trinajstić information content (AvgIpc) is 3.61. The number of ether oxygens (including phenoxy) is 1. The number of carbonyl (C=O) groups excluding carboxylic acids is 1. The van der Waals surface area contributed by atoms with Gasteiger partial charge in [-0.1, -0.05) is 43.2 Å². The van der Waals surface area contributed by atoms with Crippen LogP contribution in [-0.2, 0) is 0 Å². The van der Waals surface area contributed by atoms with Crippen LogP contribution in [0.1, 0.15) is 78.9 Å². The van der Waals surface area contributed by atoms with Gasteiger partial charge in [-0.05, 0) is 73.9 Å². The molecule has 0 radical (unpaired) electrons. The Morgan fingerprint density at radius 3 is 2.28 bits per heavy atom. The highest BCUT2D eigenvalue weighted by atomic mass is 16.5. The van der Waals surface area contributed by atoms with E-state index in [0.29, 0.717) is 30.2 Å². The number of amides is 1. The lowest BCUT2D eigenvalue weighted by Crippen LogP contribution is -2.60. The second-order valence-corrected chi connectivity index (χ2v) is 11.1. The summed E-state index contributed by atoms with van der Waals surface area (Å²) in [6.07, 6.45) is 11.8. The maximum absolute atomic E-state index is 12.9. The maximum Gasteiger partial charge on any atom is 0.251 e. The average molecular weight is 486 g/mol. The molecule has 1 N–H and O–H groups in total. The zero-order valence-corrected chi connectivity index (χ0v) is 21.4. The monoisotopic (exact) mass is 485 g/mol. The van der Waals surface area contributed by atoms with Crippen molar-refractivity contribution in [1.82, 2.24) is 15.1 Å². The molecule has 0 aromatic heterocycles. The number of piperazine rings is 1. The summed E-state index contributed by atoms with van der Waals surface area (Å²) >= 11 is 0. The summed E-state index contributed by atoms with van der Waals surface area (Å²) in [5, 5.41) is 3.24. The van der Waals surface area contributed by atoms with E-state index in [-0.39, 0.29) is 11.9 Å². The summed E-state index contributed by atoms with van der Waals surface area (Å²) in [4.78, 5) is 18.4. The quantitative estimate of drug-likeness (QED) is 0.514. The van der Waals surface area contributed by atoms with Crippen molar-refractivity contribution in [2.75, 3.05) is 13.7 Å². The first-order valence-corrected chi connectivity index (χ1v) is 13.9. The van der Waals surface area contributed by atoms with Gasteiger partial charge in [0.2, 0.25) is 0 Å². The molecular formula is C31H39N3O2. The van der Waals surface area contributed by atoms with Crippen molar-refractivity contribution in [3.05, 3.63) is 77.9 Å². The molecule has 36 heavy (non-hydrogen) atoms. The first-order chi connectivity index (χ1) is 17.7. The first-order valence-electron chi connectivity index (χ1n) is 13.9. The SMILES string of the molecule is C=CCN1C2CCC1C1CCC2N1C(c1ccc(C(=O)NC2CCCC2)cc1)c1cccc(OC)c1. The third-order valence-electron chi connectivity index (χ3n) is 9.25. The summed E-state index contributed by atoms with van der Waals surface area (Å²) in [6, 6.07) is 19.7. The summed E-state index contributed by atoms with van der Waals surface area (Å²) < 4.78 is 5.62. The van der Waals surface area contributed by atoms with Gasteiger partial charge in [-0.25, -0.2) is 0 Å². The van der Waals surface area contributed by atoms with Gasteiger partial charge in [0.15, 0.2) is 0 Å². The second kappa shape index (κ2) is 10.0. The molecular weight excluding hydrogens is 446 g/mol. The van der Waals surface area contributed by atoms with Crippen LogP contribution in [0.3, 0.4) is 0 Å². The Bertz CT molecular complexity index is 1070. The lowest BCUT2D eigenvalue weighted by molar-refractivity contribution is -0.00329. The van der Waals surface area contributed by atoms with Crippen molar-refractivity contribution in [3.8, 4) is 5.75 Å². The van der Waals surface area contributed by atoms with Gasteiger partial charge in [-0.3, -0.25) is 14.6 Å². The van der Waals surface area contributed by atoms with E-state index in [1.54, 1.807) is 7.11 Å². The fraction of sp³-hybridized carbons (Fsp3) is 0.516. The van der Waals surface area contributed by atoms with Crippen LogP contribution >= 0.6 is 0 Å². The highest BCUT2D eigenvalue weighted by Crippen LogP contribution is 2.50. The molecule has 3 heterocycles. The fourth-order valence-electron chi connectivity index (χ4n) is 7.72. The number of nitrogens with zero attached hydrogens (tertiary/aromatic N) is 2. The maximum atomic E-state index is 12.9. The molecule has 1 aliphatic carbocycles. The van der Waals surface area contributed by atoms with Crippen molar-refractivity contribution in [3.63, 3.8) is 0 Å². The summed E-state index contributed by atoms with van der Waals surface area (Å²) in [6.45, 7) is 5.03. The van der Waals surface area contributed by atoms with Crippen molar-refractivity contribution in [2.45, 2.75) is 87.6 Å². The second-order valence-electron chi connectivity index (χ2n) is 11.1. The van der Waals surface area contributed by atoms with Crippen LogP contribution in [0.2, 0.25) is 0 Å². The van der Waals surface area contributed by atoms with Gasteiger partial charge in [-0.2, -0.15) is 0 Å². The van der Waals surface area contributed by atoms with E-state index >= 15 is 0 Å². The van der Waals surface area contributed by atoms with Crippen LogP contribution in [-0.4, -0.2) is 59.6 Å². The highest BCUT2D eigenvalue weighted by Gasteiger charge is 2.56. The third-order valence-corrected chi connectivity index (χ3v) is 9.25. The van der Waals surface area contributed by atoms with Crippen molar-refractivity contribution < 1.29 is 9.53 Å². The van der Waals surface area contributed by atoms with Crippen LogP contribution in [0.5, 0.6) is 5.75 Å². The van der Waals surface area contributed by atoms with Gasteiger partial charge in [0, 0.05) is 42.3 Å². The summed E-state index contributed by atoms with van der Waals surface area (Å²) in [7, 11) is 1.74. The van der Waals surface area contributed by atoms with E-state index in [0.717, 1.165) is 30.7 Å². The van der Waals surface area contributed by atoms with Gasteiger partial charge in [0.25, 0.3) is 5.91 Å². The molecule has 2 aromatic carbocycles. The minimum absolute atomic E-state index is 0.0579. The molecule has 4 fully saturated rings. The molecule has 5 heteroatoms. The number of benzene rings is 2. The predicted molar refractivity (Wildman–Crippen MR) is 143 cm³/mol. The largest absolute Gasteiger partial charge is 0.497 e. The van der Waals surface area contributed by atoms with Gasteiger partial charge in [-0.15, -0.1) is 6.58 Å². The van der Waals surface area contributed by atoms with Crippen LogP contribution in [0.15, 0.2) is 61.2 Å². The van der Waals surface area contributed by atoms with Gasteiger partial charge in [0.05, 0.1) is 13.2 Å². The van der Waals surface area contributed by atoms with Crippen LogP contribution in [0, 0.1) is 0 Å². The third kappa shape index (κ3) is 4.16. The smallest absolute Gasteiger partial charge is 0.251 e. The molecule has 5 atom stereocenters. The number of methoxy groups -OCH3 is 1. The summed E-state index contributed by atoms with van der Waals surface area (Å²) in [5.41, 5.74) is 3.29. The number of carbonyl (C=O) groups is 1. The lowest BCUT2D eigenvalue weighted by Gasteiger charge is -2.50. The minimum Gasteiger partial charge on any atom is -0.497 e. The Kier molecular flexibility index (Phi) is 6.61. The molecule has 5 nitrogen and oxygen atoms in total. The van der Waals surface area contributed by atoms with Crippen molar-refractivity contribution >= 4 is 5.91 Å². The molecule has 4 aliphatic rings. The lowest BCUT2D eigenvalue weighted by atomic mass is 9.91. The number of hydrogen-bond acceptors (Lipinski definition) is 4. The molecule has 6 rings (SSSR count). The zero-order valence-electron chi connectivity index (χ0n) is 21.4. The number of rotatable bonds is 8. The van der Waals surface area contributed by atoms with E-state index in [1.807, 2.05) is 18.2 Å². The van der Waals surface area contributed by atoms with Crippen LogP contribution in [0.4, 0.5) is 0 Å². The summed E-state index contributed by atoms with van der Waals surface area (Å²) in [5.74, 6) is 0.952. The highest BCUT2D eigenvalue weighted by molar-refractivity contribution is 5.94. The molecule has 1 saturated carbocycles. The molecule has 3 aliphatic heterocycles. The minimum atomic E-state index is 0.0579. The Morgan fingerprint density at radius 2 is 1.64 bits per heavy atom. The molecule has 1 amide bonds. The molecule has 190 valence electrons. The van der Waals surface area contributed by atoms with Gasteiger partial charge in [0.1, 0.15) is 5.75 Å². The van der Waals surface area contributed by atoms with Crippen molar-refractivity contribution in [1.29, 1.82) is 0 Å². The first kappa shape index (κ1) is 23.7. The Hall–Kier alpha value is -2.63. The molecule has 0 spiro atoms. The van der Waals surface area contributed by atoms with E-state index in [9.17, 15) is 4.79 Å². The van der Waals surface area contributed by atoms with Crippen molar-refractivity contribution in [2.24, 2.45) is 0 Å². The van der Waals surface area contributed by atoms with Gasteiger partial charge < -0.3 is 10.1 Å². The standard InChI is InChI=1S/C31H39N3O2/c1-3-19-33-26-15-16-27(33)29-18-17-28(26)34(29)30(23-7-6-10-25(20-23)36-2)21-11-13-22(14-12-21)31(35)32-24-8-4-5-9-24/h3,6-7,10-14,20,24,26-30H,1,4-5,8-9,15-19H2,2H3,(H,32,35). The number of nitrogens with one attached hydrogen (secondary N) is 1. The van der Waals surface area contributed by atoms with Crippen LogP contribution in [0.25, 0.3) is 0 Å². The topological polar surface area (TPSA) is 44.8 Å². The van der Waals surface area contributed by atoms with E-state index < -0.39 is 0 Å². The van der Waals surface area contributed by atoms with E-state index in [4.69, 9.17) is 4.74 Å². The van der Waals surface area contributed by atoms with Gasteiger partial charge >= 0.3 is 0 Å². The molecule has 5 unspecified atom stereocenters. The Balaban J connectivity index is 1.33. The Labute approximate surface area is 215 Å². The van der Waals surface area contributed by atoms with E-state index in [1.165, 1.54) is 49.7 Å². The molecule has 2 aromatic rings. The van der Waals surface area contributed by atoms with Crippen LogP contribution < -0.4 is 10.1 Å². The molecule has 4 bridgehead atoms. The fourth-order valence-corrected chi connectivity index (χ4v) is 7.72. The zero-order chi connectivity index (χ0) is 24.6.